The highest BCUT2D eigenvalue weighted by molar-refractivity contribution is 5.96. The van der Waals surface area contributed by atoms with Gasteiger partial charge >= 0.3 is 0 Å². The van der Waals surface area contributed by atoms with Crippen molar-refractivity contribution in [1.29, 1.82) is 0 Å². The summed E-state index contributed by atoms with van der Waals surface area (Å²) in [6, 6.07) is 12.7. The number of aryl methyl sites for hydroxylation is 1. The number of non-ortho nitro benzene ring substituents is 1. The van der Waals surface area contributed by atoms with E-state index in [1.165, 1.54) is 30.5 Å². The molecule has 0 aliphatic carbocycles. The van der Waals surface area contributed by atoms with Crippen LogP contribution in [-0.4, -0.2) is 29.5 Å². The highest BCUT2D eigenvalue weighted by Crippen LogP contribution is 2.10. The maximum absolute atomic E-state index is 11.9. The fourth-order valence-electron chi connectivity index (χ4n) is 1.95. The first-order valence-corrected chi connectivity index (χ1v) is 7.37. The minimum Gasteiger partial charge on any atom is -0.343 e. The largest absolute Gasteiger partial charge is 0.343 e. The van der Waals surface area contributed by atoms with Gasteiger partial charge in [0.05, 0.1) is 17.7 Å². The van der Waals surface area contributed by atoms with Gasteiger partial charge in [0, 0.05) is 17.7 Å². The highest BCUT2D eigenvalue weighted by atomic mass is 16.6. The topological polar surface area (TPSA) is 114 Å². The van der Waals surface area contributed by atoms with Gasteiger partial charge in [-0.1, -0.05) is 17.7 Å². The molecule has 128 valence electrons. The Kier molecular flexibility index (Phi) is 5.94. The first-order valence-electron chi connectivity index (χ1n) is 7.37. The number of amides is 2. The molecule has 0 aliphatic heterocycles. The van der Waals surface area contributed by atoms with Crippen molar-refractivity contribution in [2.75, 3.05) is 6.54 Å². The van der Waals surface area contributed by atoms with E-state index in [0.29, 0.717) is 11.1 Å². The molecular formula is C17H16N4O4. The zero-order chi connectivity index (χ0) is 18.2. The quantitative estimate of drug-likeness (QED) is 0.474. The third-order valence-electron chi connectivity index (χ3n) is 3.20. The molecule has 0 bridgehead atoms. The number of hydrazone groups is 1. The molecule has 0 fully saturated rings. The third-order valence-corrected chi connectivity index (χ3v) is 3.20. The molecule has 0 aliphatic rings. The van der Waals surface area contributed by atoms with E-state index in [1.54, 1.807) is 18.2 Å². The number of nitrogens with one attached hydrogen (secondary N) is 2. The summed E-state index contributed by atoms with van der Waals surface area (Å²) in [6.45, 7) is 1.65. The van der Waals surface area contributed by atoms with Crippen molar-refractivity contribution < 1.29 is 14.5 Å². The summed E-state index contributed by atoms with van der Waals surface area (Å²) in [5.74, 6) is -0.836. The molecule has 2 N–H and O–H groups in total. The molecule has 0 unspecified atom stereocenters. The monoisotopic (exact) mass is 340 g/mol. The van der Waals surface area contributed by atoms with Gasteiger partial charge in [-0.05, 0) is 36.8 Å². The van der Waals surface area contributed by atoms with E-state index in [9.17, 15) is 19.7 Å². The summed E-state index contributed by atoms with van der Waals surface area (Å²) in [7, 11) is 0. The number of carbonyl (C=O) groups excluding carboxylic acids is 2. The molecule has 2 amide bonds. The maximum Gasteiger partial charge on any atom is 0.269 e. The van der Waals surface area contributed by atoms with Gasteiger partial charge in [-0.25, -0.2) is 5.43 Å². The Balaban J connectivity index is 1.80. The minimum absolute atomic E-state index is 0.0277. The Hall–Kier alpha value is -3.55. The number of carbonyl (C=O) groups is 2. The number of nitrogens with zero attached hydrogens (tertiary/aromatic N) is 2. The van der Waals surface area contributed by atoms with Crippen molar-refractivity contribution in [2.45, 2.75) is 6.92 Å². The Morgan fingerprint density at radius 3 is 2.56 bits per heavy atom. The Labute approximate surface area is 143 Å². The lowest BCUT2D eigenvalue weighted by Gasteiger charge is -2.04. The van der Waals surface area contributed by atoms with Crippen LogP contribution in [0.4, 0.5) is 5.69 Å². The molecule has 8 heteroatoms. The molecule has 2 rings (SSSR count). The smallest absolute Gasteiger partial charge is 0.269 e. The fourth-order valence-corrected chi connectivity index (χ4v) is 1.95. The molecule has 0 aromatic heterocycles. The molecule has 8 nitrogen and oxygen atoms in total. The maximum atomic E-state index is 11.9. The Morgan fingerprint density at radius 1 is 1.20 bits per heavy atom. The van der Waals surface area contributed by atoms with Crippen LogP contribution in [0.25, 0.3) is 0 Å². The van der Waals surface area contributed by atoms with Crippen LogP contribution in [-0.2, 0) is 4.79 Å². The van der Waals surface area contributed by atoms with Crippen molar-refractivity contribution >= 4 is 23.7 Å². The fraction of sp³-hybridized carbons (Fsp3) is 0.118. The first kappa shape index (κ1) is 17.8. The van der Waals surface area contributed by atoms with E-state index in [1.807, 2.05) is 13.0 Å². The number of hydrogen-bond acceptors (Lipinski definition) is 5. The van der Waals surface area contributed by atoms with Gasteiger partial charge in [0.2, 0.25) is 0 Å². The van der Waals surface area contributed by atoms with Crippen LogP contribution in [0.2, 0.25) is 0 Å². The van der Waals surface area contributed by atoms with Crippen LogP contribution in [0.5, 0.6) is 0 Å². The lowest BCUT2D eigenvalue weighted by Crippen LogP contribution is -2.34. The molecule has 25 heavy (non-hydrogen) atoms. The molecule has 0 spiro atoms. The van der Waals surface area contributed by atoms with Crippen molar-refractivity contribution in [3.8, 4) is 0 Å². The van der Waals surface area contributed by atoms with E-state index >= 15 is 0 Å². The summed E-state index contributed by atoms with van der Waals surface area (Å²) in [6.07, 6.45) is 1.35. The first-order chi connectivity index (χ1) is 12.0. The molecule has 2 aromatic carbocycles. The van der Waals surface area contributed by atoms with Gasteiger partial charge in [0.25, 0.3) is 17.5 Å². The van der Waals surface area contributed by atoms with Crippen molar-refractivity contribution in [3.63, 3.8) is 0 Å². The lowest BCUT2D eigenvalue weighted by atomic mass is 10.1. The molecular weight excluding hydrogens is 324 g/mol. The van der Waals surface area contributed by atoms with Crippen LogP contribution in [0.3, 0.4) is 0 Å². The highest BCUT2D eigenvalue weighted by Gasteiger charge is 2.07. The predicted octanol–water partition coefficient (Wildman–Crippen LogP) is 1.78. The van der Waals surface area contributed by atoms with Crippen molar-refractivity contribution in [1.82, 2.24) is 10.7 Å². The molecule has 0 saturated heterocycles. The summed E-state index contributed by atoms with van der Waals surface area (Å²) in [4.78, 5) is 33.6. The molecule has 0 atom stereocenters. The molecule has 0 heterocycles. The van der Waals surface area contributed by atoms with Gasteiger partial charge in [-0.3, -0.25) is 19.7 Å². The van der Waals surface area contributed by atoms with Gasteiger partial charge < -0.3 is 5.32 Å². The zero-order valence-corrected chi connectivity index (χ0v) is 13.4. The Bertz CT molecular complexity index is 816. The van der Waals surface area contributed by atoms with Crippen LogP contribution in [0.1, 0.15) is 21.5 Å². The van der Waals surface area contributed by atoms with Gasteiger partial charge in [-0.2, -0.15) is 5.10 Å². The molecule has 0 saturated carbocycles. The summed E-state index contributed by atoms with van der Waals surface area (Å²) in [5, 5.41) is 16.8. The number of rotatable bonds is 6. The lowest BCUT2D eigenvalue weighted by molar-refractivity contribution is -0.384. The zero-order valence-electron chi connectivity index (χ0n) is 13.4. The van der Waals surface area contributed by atoms with Crippen LogP contribution in [0.15, 0.2) is 53.6 Å². The number of hydrogen-bond donors (Lipinski definition) is 2. The standard InChI is InChI=1S/C17H16N4O4/c1-12-3-2-4-14(9-12)17(23)18-11-16(22)20-19-10-13-5-7-15(8-6-13)21(24)25/h2-10H,11H2,1H3,(H,18,23)(H,20,22)/b19-10+. The average molecular weight is 340 g/mol. The van der Waals surface area contributed by atoms with Gasteiger partial charge in [0.15, 0.2) is 0 Å². The van der Waals surface area contributed by atoms with Crippen LogP contribution < -0.4 is 10.7 Å². The van der Waals surface area contributed by atoms with Crippen molar-refractivity contribution in [3.05, 3.63) is 75.3 Å². The minimum atomic E-state index is -0.500. The van der Waals surface area contributed by atoms with Gasteiger partial charge in [-0.15, -0.1) is 0 Å². The van der Waals surface area contributed by atoms with E-state index in [2.05, 4.69) is 15.8 Å². The van der Waals surface area contributed by atoms with E-state index < -0.39 is 10.8 Å². The van der Waals surface area contributed by atoms with E-state index in [0.717, 1.165) is 5.56 Å². The number of benzene rings is 2. The third kappa shape index (κ3) is 5.54. The second-order valence-corrected chi connectivity index (χ2v) is 5.19. The van der Waals surface area contributed by atoms with E-state index in [-0.39, 0.29) is 18.1 Å². The second-order valence-electron chi connectivity index (χ2n) is 5.19. The average Bonchev–Trinajstić information content (AvgIpc) is 2.60. The molecule has 0 radical (unpaired) electrons. The Morgan fingerprint density at radius 2 is 1.92 bits per heavy atom. The molecule has 2 aromatic rings. The SMILES string of the molecule is Cc1cccc(C(=O)NCC(=O)N/N=C/c2ccc([N+](=O)[O-])cc2)c1. The summed E-state index contributed by atoms with van der Waals surface area (Å²) in [5.41, 5.74) is 4.26. The number of nitro groups is 1. The van der Waals surface area contributed by atoms with E-state index in [4.69, 9.17) is 0 Å². The summed E-state index contributed by atoms with van der Waals surface area (Å²) < 4.78 is 0. The normalized spacial score (nSPS) is 10.4. The van der Waals surface area contributed by atoms with Crippen molar-refractivity contribution in [2.24, 2.45) is 5.10 Å². The predicted molar refractivity (Wildman–Crippen MR) is 92.3 cm³/mol. The second kappa shape index (κ2) is 8.34. The van der Waals surface area contributed by atoms with Crippen LogP contribution >= 0.6 is 0 Å². The van der Waals surface area contributed by atoms with Gasteiger partial charge in [0.1, 0.15) is 0 Å². The number of nitro benzene ring substituents is 1. The summed E-state index contributed by atoms with van der Waals surface area (Å²) >= 11 is 0. The van der Waals surface area contributed by atoms with Crippen LogP contribution in [0, 0.1) is 17.0 Å².